The number of rotatable bonds is 3. The molecule has 0 aromatic heterocycles. The van der Waals surface area contributed by atoms with Gasteiger partial charge in [0.05, 0.1) is 11.7 Å². The Morgan fingerprint density at radius 3 is 2.50 bits per heavy atom. The SMILES string of the molecule is CC(NC1CCCC(O)C1)c1c(O)cccc1O. The Morgan fingerprint density at radius 1 is 1.22 bits per heavy atom. The minimum Gasteiger partial charge on any atom is -0.507 e. The van der Waals surface area contributed by atoms with E-state index in [4.69, 9.17) is 0 Å². The molecule has 0 saturated heterocycles. The number of hydrogen-bond donors (Lipinski definition) is 4. The van der Waals surface area contributed by atoms with Crippen molar-refractivity contribution >= 4 is 0 Å². The second-order valence-electron chi connectivity index (χ2n) is 5.12. The normalized spacial score (nSPS) is 25.9. The lowest BCUT2D eigenvalue weighted by Gasteiger charge is -2.30. The predicted molar refractivity (Wildman–Crippen MR) is 69.6 cm³/mol. The Hall–Kier alpha value is -1.26. The van der Waals surface area contributed by atoms with Gasteiger partial charge in [-0.1, -0.05) is 6.07 Å². The minimum absolute atomic E-state index is 0.103. The number of phenols is 2. The van der Waals surface area contributed by atoms with E-state index in [2.05, 4.69) is 5.32 Å². The van der Waals surface area contributed by atoms with Gasteiger partial charge < -0.3 is 20.6 Å². The second-order valence-corrected chi connectivity index (χ2v) is 5.12. The third kappa shape index (κ3) is 2.94. The number of nitrogens with one attached hydrogen (secondary N) is 1. The van der Waals surface area contributed by atoms with E-state index in [9.17, 15) is 15.3 Å². The molecule has 0 heterocycles. The van der Waals surface area contributed by atoms with Crippen LogP contribution in [0.1, 0.15) is 44.2 Å². The molecular formula is C14H21NO3. The average Bonchev–Trinajstić information content (AvgIpc) is 2.28. The topological polar surface area (TPSA) is 72.7 Å². The Morgan fingerprint density at radius 2 is 1.89 bits per heavy atom. The van der Waals surface area contributed by atoms with E-state index in [1.54, 1.807) is 18.2 Å². The molecule has 1 saturated carbocycles. The van der Waals surface area contributed by atoms with Gasteiger partial charge in [0.1, 0.15) is 11.5 Å². The predicted octanol–water partition coefficient (Wildman–Crippen LogP) is 2.05. The van der Waals surface area contributed by atoms with Crippen LogP contribution in [0.4, 0.5) is 0 Å². The summed E-state index contributed by atoms with van der Waals surface area (Å²) in [7, 11) is 0. The molecule has 0 radical (unpaired) electrons. The molecule has 1 fully saturated rings. The lowest BCUT2D eigenvalue weighted by molar-refractivity contribution is 0.109. The molecule has 3 unspecified atom stereocenters. The Labute approximate surface area is 107 Å². The molecule has 4 N–H and O–H groups in total. The van der Waals surface area contributed by atoms with Crippen molar-refractivity contribution in [2.24, 2.45) is 0 Å². The first-order chi connectivity index (χ1) is 8.58. The number of phenolic OH excluding ortho intramolecular Hbond substituents is 2. The van der Waals surface area contributed by atoms with Gasteiger partial charge in [0.2, 0.25) is 0 Å². The van der Waals surface area contributed by atoms with Crippen LogP contribution in [0, 0.1) is 0 Å². The molecule has 1 aromatic rings. The van der Waals surface area contributed by atoms with Crippen LogP contribution in [0.2, 0.25) is 0 Å². The molecule has 1 aliphatic rings. The van der Waals surface area contributed by atoms with Crippen LogP contribution in [-0.4, -0.2) is 27.5 Å². The van der Waals surface area contributed by atoms with E-state index in [0.717, 1.165) is 25.7 Å². The van der Waals surface area contributed by atoms with Gasteiger partial charge in [-0.05, 0) is 44.7 Å². The third-order valence-corrected chi connectivity index (χ3v) is 3.63. The number of aliphatic hydroxyl groups is 1. The number of hydrogen-bond acceptors (Lipinski definition) is 4. The number of benzene rings is 1. The van der Waals surface area contributed by atoms with Crippen LogP contribution in [0.3, 0.4) is 0 Å². The molecule has 0 aliphatic heterocycles. The van der Waals surface area contributed by atoms with E-state index in [1.165, 1.54) is 0 Å². The number of aromatic hydroxyl groups is 2. The van der Waals surface area contributed by atoms with Crippen molar-refractivity contribution in [1.29, 1.82) is 0 Å². The van der Waals surface area contributed by atoms with Crippen molar-refractivity contribution in [3.8, 4) is 11.5 Å². The summed E-state index contributed by atoms with van der Waals surface area (Å²) in [5.41, 5.74) is 0.526. The summed E-state index contributed by atoms with van der Waals surface area (Å²) in [5.74, 6) is 0.206. The first kappa shape index (κ1) is 13.2. The summed E-state index contributed by atoms with van der Waals surface area (Å²) in [6.07, 6.45) is 3.41. The van der Waals surface area contributed by atoms with Gasteiger partial charge in [-0.3, -0.25) is 0 Å². The average molecular weight is 251 g/mol. The highest BCUT2D eigenvalue weighted by Crippen LogP contribution is 2.33. The second kappa shape index (κ2) is 5.59. The summed E-state index contributed by atoms with van der Waals surface area (Å²) in [5, 5.41) is 32.6. The Balaban J connectivity index is 2.05. The fourth-order valence-corrected chi connectivity index (χ4v) is 2.74. The zero-order valence-corrected chi connectivity index (χ0v) is 10.6. The fourth-order valence-electron chi connectivity index (χ4n) is 2.74. The van der Waals surface area contributed by atoms with Crippen molar-refractivity contribution in [2.75, 3.05) is 0 Å². The smallest absolute Gasteiger partial charge is 0.124 e. The van der Waals surface area contributed by atoms with E-state index >= 15 is 0 Å². The van der Waals surface area contributed by atoms with Crippen LogP contribution in [0.5, 0.6) is 11.5 Å². The van der Waals surface area contributed by atoms with Crippen molar-refractivity contribution in [2.45, 2.75) is 50.8 Å². The van der Waals surface area contributed by atoms with Gasteiger partial charge >= 0.3 is 0 Å². The van der Waals surface area contributed by atoms with Gasteiger partial charge in [-0.15, -0.1) is 0 Å². The van der Waals surface area contributed by atoms with Gasteiger partial charge in [0.15, 0.2) is 0 Å². The standard InChI is InChI=1S/C14H21NO3/c1-9(14-12(17)6-3-7-13(14)18)15-10-4-2-5-11(16)8-10/h3,6-7,9-11,15-18H,2,4-5,8H2,1H3. The fraction of sp³-hybridized carbons (Fsp3) is 0.571. The summed E-state index contributed by atoms with van der Waals surface area (Å²) >= 11 is 0. The van der Waals surface area contributed by atoms with Gasteiger partial charge in [-0.2, -0.15) is 0 Å². The summed E-state index contributed by atoms with van der Waals surface area (Å²) in [4.78, 5) is 0. The molecule has 1 aliphatic carbocycles. The molecule has 1 aromatic carbocycles. The quantitative estimate of drug-likeness (QED) is 0.663. The summed E-state index contributed by atoms with van der Waals surface area (Å²) in [6.45, 7) is 1.91. The molecule has 4 heteroatoms. The zero-order chi connectivity index (χ0) is 13.1. The first-order valence-corrected chi connectivity index (χ1v) is 6.53. The lowest BCUT2D eigenvalue weighted by atomic mass is 9.92. The molecule has 100 valence electrons. The third-order valence-electron chi connectivity index (χ3n) is 3.63. The molecule has 3 atom stereocenters. The molecule has 0 bridgehead atoms. The van der Waals surface area contributed by atoms with Gasteiger partial charge in [-0.25, -0.2) is 0 Å². The highest BCUT2D eigenvalue weighted by atomic mass is 16.3. The number of aliphatic hydroxyl groups excluding tert-OH is 1. The Kier molecular flexibility index (Phi) is 4.09. The van der Waals surface area contributed by atoms with E-state index in [1.807, 2.05) is 6.92 Å². The first-order valence-electron chi connectivity index (χ1n) is 6.53. The molecule has 0 spiro atoms. The molecule has 4 nitrogen and oxygen atoms in total. The highest BCUT2D eigenvalue weighted by Gasteiger charge is 2.23. The zero-order valence-electron chi connectivity index (χ0n) is 10.6. The van der Waals surface area contributed by atoms with Crippen molar-refractivity contribution < 1.29 is 15.3 Å². The lowest BCUT2D eigenvalue weighted by Crippen LogP contribution is -2.37. The molecule has 18 heavy (non-hydrogen) atoms. The molecule has 0 amide bonds. The van der Waals surface area contributed by atoms with Gasteiger partial charge in [0.25, 0.3) is 0 Å². The van der Waals surface area contributed by atoms with Crippen molar-refractivity contribution in [3.05, 3.63) is 23.8 Å². The highest BCUT2D eigenvalue weighted by molar-refractivity contribution is 5.44. The maximum atomic E-state index is 9.79. The summed E-state index contributed by atoms with van der Waals surface area (Å²) in [6, 6.07) is 4.86. The molecule has 2 rings (SSSR count). The van der Waals surface area contributed by atoms with Crippen molar-refractivity contribution in [1.82, 2.24) is 5.32 Å². The van der Waals surface area contributed by atoms with Gasteiger partial charge in [0, 0.05) is 12.1 Å². The van der Waals surface area contributed by atoms with E-state index in [0.29, 0.717) is 5.56 Å². The molecular weight excluding hydrogens is 230 g/mol. The van der Waals surface area contributed by atoms with E-state index < -0.39 is 0 Å². The van der Waals surface area contributed by atoms with Crippen LogP contribution >= 0.6 is 0 Å². The maximum Gasteiger partial charge on any atom is 0.124 e. The van der Waals surface area contributed by atoms with Crippen LogP contribution in [0.15, 0.2) is 18.2 Å². The summed E-state index contributed by atoms with van der Waals surface area (Å²) < 4.78 is 0. The van der Waals surface area contributed by atoms with Crippen LogP contribution in [0.25, 0.3) is 0 Å². The van der Waals surface area contributed by atoms with Crippen LogP contribution < -0.4 is 5.32 Å². The monoisotopic (exact) mass is 251 g/mol. The van der Waals surface area contributed by atoms with E-state index in [-0.39, 0.29) is 29.7 Å². The maximum absolute atomic E-state index is 9.79. The minimum atomic E-state index is -0.235. The Bertz CT molecular complexity index is 388. The largest absolute Gasteiger partial charge is 0.507 e. The van der Waals surface area contributed by atoms with Crippen LogP contribution in [-0.2, 0) is 0 Å². The van der Waals surface area contributed by atoms with Crippen molar-refractivity contribution in [3.63, 3.8) is 0 Å².